The monoisotopic (exact) mass is 502 g/mol. The highest BCUT2D eigenvalue weighted by atomic mass is 16.7. The Kier molecular flexibility index (Phi) is 5.77. The van der Waals surface area contributed by atoms with Gasteiger partial charge >= 0.3 is 11.9 Å². The first-order chi connectivity index (χ1) is 16.6. The maximum absolute atomic E-state index is 12.2. The van der Waals surface area contributed by atoms with Gasteiger partial charge in [0.05, 0.1) is 18.3 Å². The van der Waals surface area contributed by atoms with E-state index in [2.05, 4.69) is 41.5 Å². The zero-order valence-corrected chi connectivity index (χ0v) is 23.5. The zero-order chi connectivity index (χ0) is 26.5. The number of carbonyl (C=O) groups excluding carboxylic acids is 2. The number of fused-ring (bicyclic) bond motifs is 7. The SMILES string of the molecule is CC(=O)O[C@@H]1OC=C2C1[C@@]1(C)[C@H](O)C[C@@H]3[C@@]4(C)CCCC(C)(C)[C@@H]4CC[C@@]3(C)[C@]1(C)C[C@@H]2OC(C)=O. The lowest BCUT2D eigenvalue weighted by molar-refractivity contribution is -0.300. The molecule has 10 atom stereocenters. The van der Waals surface area contributed by atoms with E-state index in [1.165, 1.54) is 39.5 Å². The smallest absolute Gasteiger partial charge is 0.305 e. The molecule has 4 saturated carbocycles. The van der Waals surface area contributed by atoms with Gasteiger partial charge in [-0.1, -0.05) is 48.0 Å². The van der Waals surface area contributed by atoms with Crippen LogP contribution in [-0.4, -0.2) is 35.5 Å². The fourth-order valence-corrected chi connectivity index (χ4v) is 10.7. The van der Waals surface area contributed by atoms with E-state index in [4.69, 9.17) is 14.2 Å². The van der Waals surface area contributed by atoms with Gasteiger partial charge in [-0.25, -0.2) is 0 Å². The molecule has 4 fully saturated rings. The maximum Gasteiger partial charge on any atom is 0.305 e. The van der Waals surface area contributed by atoms with Crippen molar-refractivity contribution >= 4 is 11.9 Å². The van der Waals surface area contributed by atoms with Gasteiger partial charge in [0.15, 0.2) is 0 Å². The van der Waals surface area contributed by atoms with Crippen LogP contribution in [0.5, 0.6) is 0 Å². The highest BCUT2D eigenvalue weighted by molar-refractivity contribution is 5.67. The lowest BCUT2D eigenvalue weighted by Gasteiger charge is -2.75. The van der Waals surface area contributed by atoms with Crippen LogP contribution in [-0.2, 0) is 23.8 Å². The number of esters is 2. The third-order valence-corrected chi connectivity index (χ3v) is 12.6. The Morgan fingerprint density at radius 2 is 1.64 bits per heavy atom. The summed E-state index contributed by atoms with van der Waals surface area (Å²) < 4.78 is 17.5. The number of carbonyl (C=O) groups is 2. The Morgan fingerprint density at radius 1 is 0.972 bits per heavy atom. The van der Waals surface area contributed by atoms with E-state index < -0.39 is 29.9 Å². The fourth-order valence-electron chi connectivity index (χ4n) is 10.7. The average molecular weight is 503 g/mol. The van der Waals surface area contributed by atoms with E-state index in [-0.39, 0.29) is 28.1 Å². The Labute approximate surface area is 216 Å². The number of ether oxygens (including phenoxy) is 3. The van der Waals surface area contributed by atoms with Crippen LogP contribution in [0.1, 0.15) is 100 Å². The molecule has 0 bridgehead atoms. The molecular formula is C30H46O6. The molecule has 0 aromatic heterocycles. The molecule has 0 spiro atoms. The van der Waals surface area contributed by atoms with Crippen LogP contribution in [0.4, 0.5) is 0 Å². The first kappa shape index (κ1) is 26.1. The van der Waals surface area contributed by atoms with Crippen LogP contribution in [0.2, 0.25) is 0 Å². The number of hydrogen-bond acceptors (Lipinski definition) is 6. The number of aliphatic hydroxyl groups is 1. The first-order valence-electron chi connectivity index (χ1n) is 14.0. The van der Waals surface area contributed by atoms with Gasteiger partial charge in [-0.2, -0.15) is 0 Å². The highest BCUT2D eigenvalue weighted by Crippen LogP contribution is 2.78. The predicted octanol–water partition coefficient (Wildman–Crippen LogP) is 5.77. The molecule has 0 aromatic rings. The van der Waals surface area contributed by atoms with Gasteiger partial charge in [0.25, 0.3) is 6.29 Å². The predicted molar refractivity (Wildman–Crippen MR) is 135 cm³/mol. The minimum atomic E-state index is -0.824. The summed E-state index contributed by atoms with van der Waals surface area (Å²) in [7, 11) is 0. The summed E-state index contributed by atoms with van der Waals surface area (Å²) in [4.78, 5) is 24.3. The minimum absolute atomic E-state index is 0.0764. The lowest BCUT2D eigenvalue weighted by Crippen LogP contribution is -2.73. The molecule has 36 heavy (non-hydrogen) atoms. The second kappa shape index (κ2) is 7.97. The summed E-state index contributed by atoms with van der Waals surface area (Å²) in [5.41, 5.74) is 0.220. The molecule has 6 nitrogen and oxygen atoms in total. The van der Waals surface area contributed by atoms with Crippen molar-refractivity contribution in [1.29, 1.82) is 0 Å². The molecule has 4 aliphatic carbocycles. The van der Waals surface area contributed by atoms with Gasteiger partial charge in [-0.15, -0.1) is 0 Å². The van der Waals surface area contributed by atoms with Crippen molar-refractivity contribution in [3.05, 3.63) is 11.8 Å². The van der Waals surface area contributed by atoms with E-state index in [0.29, 0.717) is 23.7 Å². The van der Waals surface area contributed by atoms with Gasteiger partial charge in [-0.3, -0.25) is 9.59 Å². The van der Waals surface area contributed by atoms with E-state index >= 15 is 0 Å². The van der Waals surface area contributed by atoms with Crippen LogP contribution in [0, 0.1) is 44.8 Å². The molecule has 5 aliphatic rings. The third kappa shape index (κ3) is 3.18. The van der Waals surface area contributed by atoms with Gasteiger partial charge in [-0.05, 0) is 72.0 Å². The summed E-state index contributed by atoms with van der Waals surface area (Å²) in [5.74, 6) is -0.129. The molecule has 5 rings (SSSR count). The first-order valence-corrected chi connectivity index (χ1v) is 14.0. The van der Waals surface area contributed by atoms with Gasteiger partial charge < -0.3 is 19.3 Å². The Bertz CT molecular complexity index is 986. The van der Waals surface area contributed by atoms with Crippen molar-refractivity contribution in [3.8, 4) is 0 Å². The van der Waals surface area contributed by atoms with E-state index in [1.807, 2.05) is 0 Å². The van der Waals surface area contributed by atoms with Crippen LogP contribution >= 0.6 is 0 Å². The fraction of sp³-hybridized carbons (Fsp3) is 0.867. The van der Waals surface area contributed by atoms with Crippen molar-refractivity contribution < 1.29 is 28.9 Å². The maximum atomic E-state index is 12.2. The van der Waals surface area contributed by atoms with Gasteiger partial charge in [0.1, 0.15) is 6.10 Å². The largest absolute Gasteiger partial charge is 0.462 e. The molecular weight excluding hydrogens is 456 g/mol. The minimum Gasteiger partial charge on any atom is -0.462 e. The summed E-state index contributed by atoms with van der Waals surface area (Å²) in [6.07, 6.45) is 7.07. The van der Waals surface area contributed by atoms with Crippen molar-refractivity contribution in [2.75, 3.05) is 0 Å². The Balaban J connectivity index is 1.65. The lowest BCUT2D eigenvalue weighted by atomic mass is 9.30. The number of rotatable bonds is 2. The van der Waals surface area contributed by atoms with Crippen molar-refractivity contribution in [2.45, 2.75) is 119 Å². The van der Waals surface area contributed by atoms with Crippen molar-refractivity contribution in [2.24, 2.45) is 44.8 Å². The number of aliphatic hydroxyl groups excluding tert-OH is 1. The molecule has 1 heterocycles. The third-order valence-electron chi connectivity index (χ3n) is 12.6. The standard InChI is InChI=1S/C30H46O6/c1-17(31)35-20-15-29(7)28(6)13-10-21-26(3,4)11-9-12-27(21,5)22(28)14-23(33)30(29,8)24-19(20)16-34-25(24)36-18(2)32/h16,20-25,33H,9-15H2,1-8H3/t20-,21-,22+,23+,24?,25-,27-,28+,29-,30+/m0/s1. The topological polar surface area (TPSA) is 82.1 Å². The van der Waals surface area contributed by atoms with Crippen molar-refractivity contribution in [3.63, 3.8) is 0 Å². The molecule has 1 N–H and O–H groups in total. The molecule has 6 heteroatoms. The van der Waals surface area contributed by atoms with E-state index in [1.54, 1.807) is 6.26 Å². The van der Waals surface area contributed by atoms with Crippen LogP contribution in [0.15, 0.2) is 11.8 Å². The van der Waals surface area contributed by atoms with E-state index in [0.717, 1.165) is 18.4 Å². The zero-order valence-electron chi connectivity index (χ0n) is 23.5. The van der Waals surface area contributed by atoms with Crippen LogP contribution in [0.3, 0.4) is 0 Å². The molecule has 0 aromatic carbocycles. The Morgan fingerprint density at radius 3 is 2.28 bits per heavy atom. The van der Waals surface area contributed by atoms with Crippen LogP contribution < -0.4 is 0 Å². The van der Waals surface area contributed by atoms with Gasteiger partial charge in [0.2, 0.25) is 0 Å². The molecule has 0 saturated heterocycles. The second-order valence-corrected chi connectivity index (χ2v) is 14.3. The molecule has 0 radical (unpaired) electrons. The summed E-state index contributed by atoms with van der Waals surface area (Å²) in [6, 6.07) is 0. The summed E-state index contributed by atoms with van der Waals surface area (Å²) in [5, 5.41) is 12.2. The quantitative estimate of drug-likeness (QED) is 0.483. The molecule has 1 unspecified atom stereocenters. The summed E-state index contributed by atoms with van der Waals surface area (Å²) in [6.45, 7) is 17.1. The molecule has 202 valence electrons. The van der Waals surface area contributed by atoms with Crippen LogP contribution in [0.25, 0.3) is 0 Å². The van der Waals surface area contributed by atoms with Crippen molar-refractivity contribution in [1.82, 2.24) is 0 Å². The van der Waals surface area contributed by atoms with Gasteiger partial charge in [0, 0.05) is 24.8 Å². The van der Waals surface area contributed by atoms with E-state index in [9.17, 15) is 14.7 Å². The normalized spacial score (nSPS) is 50.9. The summed E-state index contributed by atoms with van der Waals surface area (Å²) >= 11 is 0. The molecule has 1 aliphatic heterocycles. The number of hydrogen-bond donors (Lipinski definition) is 1. The highest BCUT2D eigenvalue weighted by Gasteiger charge is 2.76. The molecule has 0 amide bonds. The Hall–Kier alpha value is -1.56. The second-order valence-electron chi connectivity index (χ2n) is 14.3. The average Bonchev–Trinajstić information content (AvgIpc) is 3.16.